The van der Waals surface area contributed by atoms with Gasteiger partial charge in [0.05, 0.1) is 0 Å². The molecule has 0 radical (unpaired) electrons. The monoisotopic (exact) mass is 331 g/mol. The number of halogens is 1. The predicted molar refractivity (Wildman–Crippen MR) is 77.0 cm³/mol. The van der Waals surface area contributed by atoms with Gasteiger partial charge in [0.2, 0.25) is 0 Å². The zero-order chi connectivity index (χ0) is 13.1. The average molecular weight is 332 g/mol. The molecule has 0 aliphatic carbocycles. The molecule has 2 rings (SSSR count). The highest BCUT2D eigenvalue weighted by atomic mass is 79.9. The second kappa shape index (κ2) is 6.17. The van der Waals surface area contributed by atoms with Crippen molar-refractivity contribution in [1.82, 2.24) is 4.90 Å². The summed E-state index contributed by atoms with van der Waals surface area (Å²) in [6.45, 7) is 4.35. The molecular weight excluding hydrogens is 314 g/mol. The summed E-state index contributed by atoms with van der Waals surface area (Å²) >= 11 is 5.27. The number of carboxylic acid groups (broad SMARTS) is 1. The molecule has 0 aromatic carbocycles. The Labute approximate surface area is 120 Å². The number of hydrogen-bond donors (Lipinski definition) is 1. The van der Waals surface area contributed by atoms with Crippen LogP contribution in [0, 0.1) is 5.92 Å². The lowest BCUT2D eigenvalue weighted by Crippen LogP contribution is -2.24. The Morgan fingerprint density at radius 2 is 2.50 bits per heavy atom. The number of carboxylic acids is 1. The van der Waals surface area contributed by atoms with Gasteiger partial charge in [-0.25, -0.2) is 0 Å². The molecule has 2 heterocycles. The topological polar surface area (TPSA) is 40.5 Å². The van der Waals surface area contributed by atoms with Crippen LogP contribution in [0.15, 0.2) is 15.9 Å². The Morgan fingerprint density at radius 1 is 1.72 bits per heavy atom. The first-order chi connectivity index (χ1) is 8.56. The quantitative estimate of drug-likeness (QED) is 0.893. The van der Waals surface area contributed by atoms with Crippen LogP contribution in [0.5, 0.6) is 0 Å². The summed E-state index contributed by atoms with van der Waals surface area (Å²) < 4.78 is 1.15. The van der Waals surface area contributed by atoms with Crippen molar-refractivity contribution in [1.29, 1.82) is 0 Å². The van der Waals surface area contributed by atoms with Crippen molar-refractivity contribution >= 4 is 33.2 Å². The average Bonchev–Trinajstić information content (AvgIpc) is 2.94. The first kappa shape index (κ1) is 14.0. The van der Waals surface area contributed by atoms with Crippen LogP contribution in [0.2, 0.25) is 0 Å². The number of thiophene rings is 1. The van der Waals surface area contributed by atoms with Crippen LogP contribution in [0.3, 0.4) is 0 Å². The van der Waals surface area contributed by atoms with Crippen LogP contribution in [-0.2, 0) is 4.79 Å². The van der Waals surface area contributed by atoms with E-state index in [0.717, 1.165) is 30.4 Å². The van der Waals surface area contributed by atoms with E-state index in [1.165, 1.54) is 4.88 Å². The summed E-state index contributed by atoms with van der Waals surface area (Å²) in [5, 5.41) is 10.8. The minimum Gasteiger partial charge on any atom is -0.481 e. The highest BCUT2D eigenvalue weighted by molar-refractivity contribution is 9.10. The zero-order valence-corrected chi connectivity index (χ0v) is 12.8. The molecule has 0 bridgehead atoms. The lowest BCUT2D eigenvalue weighted by molar-refractivity contribution is -0.137. The van der Waals surface area contributed by atoms with Crippen LogP contribution in [0.4, 0.5) is 0 Å². The SMILES string of the molecule is CC(c1cc(Br)cs1)N1CCC(CCC(=O)O)C1. The van der Waals surface area contributed by atoms with Crippen molar-refractivity contribution in [2.24, 2.45) is 5.92 Å². The molecule has 3 nitrogen and oxygen atoms in total. The number of likely N-dealkylation sites (tertiary alicyclic amines) is 1. The molecule has 2 unspecified atom stereocenters. The molecule has 0 saturated carbocycles. The molecule has 2 atom stereocenters. The maximum absolute atomic E-state index is 10.6. The van der Waals surface area contributed by atoms with Gasteiger partial charge in [-0.15, -0.1) is 11.3 Å². The fourth-order valence-electron chi connectivity index (χ4n) is 2.50. The Hall–Kier alpha value is -0.390. The highest BCUT2D eigenvalue weighted by Gasteiger charge is 2.27. The van der Waals surface area contributed by atoms with Crippen molar-refractivity contribution in [3.05, 3.63) is 20.8 Å². The largest absolute Gasteiger partial charge is 0.481 e. The van der Waals surface area contributed by atoms with Gasteiger partial charge >= 0.3 is 5.97 Å². The molecule has 1 aromatic heterocycles. The fourth-order valence-corrected chi connectivity index (χ4v) is 4.04. The molecule has 1 N–H and O–H groups in total. The van der Waals surface area contributed by atoms with E-state index in [9.17, 15) is 4.79 Å². The standard InChI is InChI=1S/C13H18BrNO2S/c1-9(12-6-11(14)8-18-12)15-5-4-10(7-15)2-3-13(16)17/h6,8-10H,2-5,7H2,1H3,(H,16,17). The molecule has 1 fully saturated rings. The van der Waals surface area contributed by atoms with Gasteiger partial charge in [0.1, 0.15) is 0 Å². The second-order valence-corrected chi connectivity index (χ2v) is 6.78. The Morgan fingerprint density at radius 3 is 3.11 bits per heavy atom. The second-order valence-electron chi connectivity index (χ2n) is 4.93. The molecule has 1 aromatic rings. The Balaban J connectivity index is 1.86. The summed E-state index contributed by atoms with van der Waals surface area (Å²) in [5.41, 5.74) is 0. The van der Waals surface area contributed by atoms with Crippen LogP contribution >= 0.6 is 27.3 Å². The summed E-state index contributed by atoms with van der Waals surface area (Å²) in [4.78, 5) is 14.4. The van der Waals surface area contributed by atoms with E-state index in [4.69, 9.17) is 5.11 Å². The van der Waals surface area contributed by atoms with Gasteiger partial charge < -0.3 is 5.11 Å². The lowest BCUT2D eigenvalue weighted by Gasteiger charge is -2.23. The molecule has 1 aliphatic rings. The van der Waals surface area contributed by atoms with Gasteiger partial charge in [0.15, 0.2) is 0 Å². The fraction of sp³-hybridized carbons (Fsp3) is 0.615. The molecule has 100 valence electrons. The number of hydrogen-bond acceptors (Lipinski definition) is 3. The first-order valence-electron chi connectivity index (χ1n) is 6.26. The third-order valence-electron chi connectivity index (χ3n) is 3.63. The van der Waals surface area contributed by atoms with E-state index >= 15 is 0 Å². The van der Waals surface area contributed by atoms with Crippen molar-refractivity contribution in [2.45, 2.75) is 32.2 Å². The van der Waals surface area contributed by atoms with Gasteiger partial charge in [-0.2, -0.15) is 0 Å². The zero-order valence-electron chi connectivity index (χ0n) is 10.4. The van der Waals surface area contributed by atoms with Gasteiger partial charge in [-0.05, 0) is 54.2 Å². The van der Waals surface area contributed by atoms with E-state index in [0.29, 0.717) is 18.4 Å². The van der Waals surface area contributed by atoms with Crippen molar-refractivity contribution in [3.8, 4) is 0 Å². The Kier molecular flexibility index (Phi) is 4.81. The van der Waals surface area contributed by atoms with E-state index in [1.807, 2.05) is 0 Å². The van der Waals surface area contributed by atoms with Crippen LogP contribution in [-0.4, -0.2) is 29.1 Å². The van der Waals surface area contributed by atoms with E-state index in [1.54, 1.807) is 11.3 Å². The van der Waals surface area contributed by atoms with Gasteiger partial charge in [-0.1, -0.05) is 0 Å². The summed E-state index contributed by atoms with van der Waals surface area (Å²) in [6, 6.07) is 2.62. The molecule has 1 saturated heterocycles. The minimum absolute atomic E-state index is 0.303. The van der Waals surface area contributed by atoms with E-state index < -0.39 is 5.97 Å². The highest BCUT2D eigenvalue weighted by Crippen LogP contribution is 2.33. The third kappa shape index (κ3) is 3.56. The molecule has 1 aliphatic heterocycles. The summed E-state index contributed by atoms with van der Waals surface area (Å²) in [5.74, 6) is -0.129. The molecule has 18 heavy (non-hydrogen) atoms. The van der Waals surface area contributed by atoms with Crippen molar-refractivity contribution in [3.63, 3.8) is 0 Å². The smallest absolute Gasteiger partial charge is 0.303 e. The molecule has 0 spiro atoms. The van der Waals surface area contributed by atoms with E-state index in [2.05, 4.69) is 39.2 Å². The Bertz CT molecular complexity index is 421. The van der Waals surface area contributed by atoms with Crippen LogP contribution < -0.4 is 0 Å². The number of nitrogens with zero attached hydrogens (tertiary/aromatic N) is 1. The van der Waals surface area contributed by atoms with Gasteiger partial charge in [-0.3, -0.25) is 9.69 Å². The third-order valence-corrected chi connectivity index (χ3v) is 5.49. The van der Waals surface area contributed by atoms with Crippen molar-refractivity contribution in [2.75, 3.05) is 13.1 Å². The molecule has 5 heteroatoms. The molecular formula is C13H18BrNO2S. The van der Waals surface area contributed by atoms with Crippen LogP contribution in [0.25, 0.3) is 0 Å². The normalized spacial score (nSPS) is 22.2. The first-order valence-corrected chi connectivity index (χ1v) is 7.93. The minimum atomic E-state index is -0.677. The van der Waals surface area contributed by atoms with Crippen LogP contribution in [0.1, 0.15) is 37.1 Å². The maximum atomic E-state index is 10.6. The number of carbonyl (C=O) groups is 1. The number of rotatable bonds is 5. The number of aliphatic carboxylic acids is 1. The molecule has 0 amide bonds. The lowest BCUT2D eigenvalue weighted by atomic mass is 10.0. The van der Waals surface area contributed by atoms with Gasteiger partial charge in [0, 0.05) is 33.7 Å². The van der Waals surface area contributed by atoms with Gasteiger partial charge in [0.25, 0.3) is 0 Å². The summed E-state index contributed by atoms with van der Waals surface area (Å²) in [6.07, 6.45) is 2.24. The summed E-state index contributed by atoms with van der Waals surface area (Å²) in [7, 11) is 0. The van der Waals surface area contributed by atoms with E-state index in [-0.39, 0.29) is 0 Å². The maximum Gasteiger partial charge on any atom is 0.303 e. The predicted octanol–water partition coefficient (Wildman–Crippen LogP) is 3.76. The van der Waals surface area contributed by atoms with Crippen molar-refractivity contribution < 1.29 is 9.90 Å².